The summed E-state index contributed by atoms with van der Waals surface area (Å²) in [6.45, 7) is 6.64. The lowest BCUT2D eigenvalue weighted by Gasteiger charge is -2.26. The van der Waals surface area contributed by atoms with Crippen LogP contribution in [-0.4, -0.2) is 43.2 Å². The van der Waals surface area contributed by atoms with Crippen LogP contribution in [0.4, 0.5) is 5.13 Å². The van der Waals surface area contributed by atoms with Gasteiger partial charge in [-0.05, 0) is 19.9 Å². The van der Waals surface area contributed by atoms with Crippen molar-refractivity contribution in [2.24, 2.45) is 0 Å². The van der Waals surface area contributed by atoms with E-state index >= 15 is 0 Å². The number of morpholine rings is 1. The molecule has 0 saturated carbocycles. The molecule has 6 nitrogen and oxygen atoms in total. The maximum absolute atomic E-state index is 12.3. The first kappa shape index (κ1) is 19.1. The van der Waals surface area contributed by atoms with E-state index in [9.17, 15) is 10.1 Å². The number of carbonyl (C=O) groups is 1. The largest absolute Gasteiger partial charge is 0.378 e. The van der Waals surface area contributed by atoms with Gasteiger partial charge in [0.05, 0.1) is 23.8 Å². The number of nitrogens with zero attached hydrogens (tertiary/aromatic N) is 3. The Morgan fingerprint density at radius 1 is 1.33 bits per heavy atom. The van der Waals surface area contributed by atoms with E-state index in [-0.39, 0.29) is 17.5 Å². The molecule has 0 atom stereocenters. The summed E-state index contributed by atoms with van der Waals surface area (Å²) >= 11 is 1.49. The lowest BCUT2D eigenvalue weighted by molar-refractivity contribution is -0.117. The molecule has 2 aromatic rings. The number of hydrogen-bond acceptors (Lipinski definition) is 6. The SMILES string of the molecule is CC(C)NC(=O)/C(C#N)=C/c1sc(N2CCOCC2)nc1-c1ccccc1. The highest BCUT2D eigenvalue weighted by molar-refractivity contribution is 7.17. The fourth-order valence-electron chi connectivity index (χ4n) is 2.73. The maximum Gasteiger partial charge on any atom is 0.262 e. The molecule has 0 bridgehead atoms. The van der Waals surface area contributed by atoms with E-state index in [0.29, 0.717) is 13.2 Å². The number of amides is 1. The molecule has 1 aliphatic rings. The van der Waals surface area contributed by atoms with Gasteiger partial charge >= 0.3 is 0 Å². The van der Waals surface area contributed by atoms with Crippen molar-refractivity contribution in [1.29, 1.82) is 5.26 Å². The number of aromatic nitrogens is 1. The third-order valence-corrected chi connectivity index (χ3v) is 5.09. The second-order valence-corrected chi connectivity index (χ2v) is 7.48. The van der Waals surface area contributed by atoms with E-state index in [4.69, 9.17) is 9.72 Å². The number of anilines is 1. The van der Waals surface area contributed by atoms with Crippen molar-refractivity contribution < 1.29 is 9.53 Å². The lowest BCUT2D eigenvalue weighted by atomic mass is 10.1. The fourth-order valence-corrected chi connectivity index (χ4v) is 3.81. The average molecular weight is 382 g/mol. The fraction of sp³-hybridized carbons (Fsp3) is 0.350. The van der Waals surface area contributed by atoms with Crippen molar-refractivity contribution in [2.75, 3.05) is 31.2 Å². The molecule has 1 aliphatic heterocycles. The normalized spacial score (nSPS) is 14.9. The molecule has 1 aromatic heterocycles. The van der Waals surface area contributed by atoms with Gasteiger partial charge in [-0.25, -0.2) is 4.98 Å². The van der Waals surface area contributed by atoms with E-state index in [1.54, 1.807) is 6.08 Å². The minimum absolute atomic E-state index is 0.0341. The Hall–Kier alpha value is -2.69. The summed E-state index contributed by atoms with van der Waals surface area (Å²) in [4.78, 5) is 20.1. The molecule has 0 aliphatic carbocycles. The highest BCUT2D eigenvalue weighted by Crippen LogP contribution is 2.35. The van der Waals surface area contributed by atoms with Gasteiger partial charge in [0, 0.05) is 24.7 Å². The van der Waals surface area contributed by atoms with E-state index in [2.05, 4.69) is 10.2 Å². The molecule has 3 rings (SSSR count). The summed E-state index contributed by atoms with van der Waals surface area (Å²) in [6, 6.07) is 11.8. The quantitative estimate of drug-likeness (QED) is 0.635. The number of rotatable bonds is 5. The highest BCUT2D eigenvalue weighted by Gasteiger charge is 2.20. The van der Waals surface area contributed by atoms with Crippen LogP contribution in [0.1, 0.15) is 18.7 Å². The third kappa shape index (κ3) is 4.73. The van der Waals surface area contributed by atoms with Crippen molar-refractivity contribution >= 4 is 28.5 Å². The molecular formula is C20H22N4O2S. The number of ether oxygens (including phenoxy) is 1. The summed E-state index contributed by atoms with van der Waals surface area (Å²) in [5.74, 6) is -0.368. The molecule has 0 spiro atoms. The molecule has 0 radical (unpaired) electrons. The number of thiazole rings is 1. The molecule has 1 amide bonds. The standard InChI is InChI=1S/C20H22N4O2S/c1-14(2)22-19(25)16(13-21)12-17-18(15-6-4-3-5-7-15)23-20(27-17)24-8-10-26-11-9-24/h3-7,12,14H,8-11H2,1-2H3,(H,22,25)/b16-12+. The van der Waals surface area contributed by atoms with E-state index < -0.39 is 0 Å². The Balaban J connectivity index is 2.01. The van der Waals surface area contributed by atoms with Gasteiger partial charge in [0.1, 0.15) is 11.6 Å². The summed E-state index contributed by atoms with van der Waals surface area (Å²) in [5.41, 5.74) is 1.83. The van der Waals surface area contributed by atoms with Crippen molar-refractivity contribution in [3.8, 4) is 17.3 Å². The number of hydrogen-bond donors (Lipinski definition) is 1. The molecule has 1 aromatic carbocycles. The number of benzene rings is 1. The zero-order valence-electron chi connectivity index (χ0n) is 15.4. The smallest absolute Gasteiger partial charge is 0.262 e. The average Bonchev–Trinajstić information content (AvgIpc) is 3.11. The maximum atomic E-state index is 12.3. The second-order valence-electron chi connectivity index (χ2n) is 6.47. The van der Waals surface area contributed by atoms with Gasteiger partial charge in [0.2, 0.25) is 0 Å². The van der Waals surface area contributed by atoms with Crippen LogP contribution in [0.3, 0.4) is 0 Å². The molecule has 27 heavy (non-hydrogen) atoms. The Labute approximate surface area is 163 Å². The highest BCUT2D eigenvalue weighted by atomic mass is 32.1. The second kappa shape index (κ2) is 8.80. The van der Waals surface area contributed by atoms with Crippen LogP contribution < -0.4 is 10.2 Å². The Kier molecular flexibility index (Phi) is 6.22. The molecule has 1 fully saturated rings. The van der Waals surface area contributed by atoms with E-state index in [1.807, 2.05) is 50.2 Å². The van der Waals surface area contributed by atoms with Crippen molar-refractivity contribution in [2.45, 2.75) is 19.9 Å². The Bertz CT molecular complexity index is 862. The number of nitrogens with one attached hydrogen (secondary N) is 1. The first-order valence-electron chi connectivity index (χ1n) is 8.90. The summed E-state index contributed by atoms with van der Waals surface area (Å²) < 4.78 is 5.42. The van der Waals surface area contributed by atoms with Crippen molar-refractivity contribution in [3.63, 3.8) is 0 Å². The summed E-state index contributed by atoms with van der Waals surface area (Å²) in [5, 5.41) is 13.1. The molecule has 7 heteroatoms. The van der Waals surface area contributed by atoms with Crippen molar-refractivity contribution in [1.82, 2.24) is 10.3 Å². The summed E-state index contributed by atoms with van der Waals surface area (Å²) in [6.07, 6.45) is 1.64. The molecule has 0 unspecified atom stereocenters. The molecule has 2 heterocycles. The van der Waals surface area contributed by atoms with Crippen LogP contribution >= 0.6 is 11.3 Å². The third-order valence-electron chi connectivity index (χ3n) is 4.03. The number of nitriles is 1. The van der Waals surface area contributed by atoms with E-state index in [1.165, 1.54) is 11.3 Å². The van der Waals surface area contributed by atoms with Gasteiger partial charge in [0.25, 0.3) is 5.91 Å². The first-order chi connectivity index (χ1) is 13.1. The first-order valence-corrected chi connectivity index (χ1v) is 9.71. The zero-order chi connectivity index (χ0) is 19.2. The van der Waals surface area contributed by atoms with Crippen LogP contribution in [0.2, 0.25) is 0 Å². The van der Waals surface area contributed by atoms with Gasteiger partial charge in [-0.3, -0.25) is 4.79 Å². The predicted molar refractivity (Wildman–Crippen MR) is 107 cm³/mol. The van der Waals surface area contributed by atoms with Gasteiger partial charge in [0.15, 0.2) is 5.13 Å². The topological polar surface area (TPSA) is 78.2 Å². The molecule has 140 valence electrons. The van der Waals surface area contributed by atoms with Gasteiger partial charge in [-0.1, -0.05) is 41.7 Å². The van der Waals surface area contributed by atoms with Crippen LogP contribution in [0.25, 0.3) is 17.3 Å². The number of carbonyl (C=O) groups excluding carboxylic acids is 1. The molecule has 1 saturated heterocycles. The van der Waals surface area contributed by atoms with E-state index in [0.717, 1.165) is 34.4 Å². The van der Waals surface area contributed by atoms with Crippen LogP contribution in [0, 0.1) is 11.3 Å². The zero-order valence-corrected chi connectivity index (χ0v) is 16.3. The minimum Gasteiger partial charge on any atom is -0.378 e. The van der Waals surface area contributed by atoms with Gasteiger partial charge in [-0.2, -0.15) is 5.26 Å². The Morgan fingerprint density at radius 3 is 2.67 bits per heavy atom. The van der Waals surface area contributed by atoms with Crippen LogP contribution in [0.5, 0.6) is 0 Å². The van der Waals surface area contributed by atoms with Gasteiger partial charge in [-0.15, -0.1) is 0 Å². The monoisotopic (exact) mass is 382 g/mol. The molecular weight excluding hydrogens is 360 g/mol. The minimum atomic E-state index is -0.368. The van der Waals surface area contributed by atoms with Gasteiger partial charge < -0.3 is 15.0 Å². The predicted octanol–water partition coefficient (Wildman–Crippen LogP) is 3.08. The van der Waals surface area contributed by atoms with Crippen LogP contribution in [-0.2, 0) is 9.53 Å². The Morgan fingerprint density at radius 2 is 2.04 bits per heavy atom. The lowest BCUT2D eigenvalue weighted by Crippen LogP contribution is -2.36. The molecule has 1 N–H and O–H groups in total. The van der Waals surface area contributed by atoms with Crippen molar-refractivity contribution in [3.05, 3.63) is 40.8 Å². The summed E-state index contributed by atoms with van der Waals surface area (Å²) in [7, 11) is 0. The van der Waals surface area contributed by atoms with Crippen LogP contribution in [0.15, 0.2) is 35.9 Å².